The van der Waals surface area contributed by atoms with E-state index in [1.165, 1.54) is 17.0 Å². The first-order chi connectivity index (χ1) is 19.2. The number of anilines is 1. The first-order valence-corrected chi connectivity index (χ1v) is 12.4. The van der Waals surface area contributed by atoms with Crippen LogP contribution in [0.25, 0.3) is 11.3 Å². The molecule has 0 bridgehead atoms. The van der Waals surface area contributed by atoms with Crippen LogP contribution in [0.5, 0.6) is 0 Å². The second kappa shape index (κ2) is 14.3. The quantitative estimate of drug-likeness (QED) is 0.150. The van der Waals surface area contributed by atoms with Gasteiger partial charge in [0, 0.05) is 17.0 Å². The van der Waals surface area contributed by atoms with E-state index in [-0.39, 0.29) is 36.1 Å². The molecule has 14 heteroatoms. The number of carbonyl (C=O) groups is 3. The second-order valence-electron chi connectivity index (χ2n) is 9.22. The van der Waals surface area contributed by atoms with Crippen molar-refractivity contribution < 1.29 is 69.1 Å². The van der Waals surface area contributed by atoms with Crippen molar-refractivity contribution in [1.82, 2.24) is 20.3 Å². The number of benzene rings is 2. The number of aromatic nitrogens is 3. The van der Waals surface area contributed by atoms with Crippen LogP contribution in [0, 0.1) is 5.92 Å². The molecule has 2 amide bonds. The Morgan fingerprint density at radius 2 is 1.78 bits per heavy atom. The van der Waals surface area contributed by atoms with Crippen LogP contribution in [0.3, 0.4) is 0 Å². The summed E-state index contributed by atoms with van der Waals surface area (Å²) in [5.41, 5.74) is 1.68. The van der Waals surface area contributed by atoms with Gasteiger partial charge in [-0.15, -0.1) is 5.10 Å². The molecule has 0 fully saturated rings. The molecule has 2 aromatic carbocycles. The number of aliphatic hydroxyl groups excluding tert-OH is 3. The normalized spacial score (nSPS) is 19.5. The molecule has 1 aliphatic rings. The smallest absolute Gasteiger partial charge is 0.542 e. The molecule has 3 aromatic rings. The molecule has 0 saturated carbocycles. The predicted octanol–water partition coefficient (Wildman–Crippen LogP) is -3.76. The van der Waals surface area contributed by atoms with Gasteiger partial charge in [-0.1, -0.05) is 48.5 Å². The summed E-state index contributed by atoms with van der Waals surface area (Å²) >= 11 is 0. The van der Waals surface area contributed by atoms with Gasteiger partial charge in [-0.3, -0.25) is 9.59 Å². The summed E-state index contributed by atoms with van der Waals surface area (Å²) in [6.45, 7) is 0.633. The maximum atomic E-state index is 12.6. The number of rotatable bonds is 10. The van der Waals surface area contributed by atoms with Crippen molar-refractivity contribution in [2.45, 2.75) is 31.3 Å². The summed E-state index contributed by atoms with van der Waals surface area (Å²) in [6, 6.07) is 14.5. The van der Waals surface area contributed by atoms with E-state index in [1.54, 1.807) is 61.5 Å². The standard InChI is InChI=1S/C27H29N5O8.Na/c1-15-20(11-22(27(38)39)40-25(15)24(36)21(34)14-33)32-13-19(30-31-32)17-9-5-6-10-18(17)29-23(35)12-28-26(37)16-7-3-2-4-8-16;/h2-11,13,15,20-21,24-25,33-34,36H,12,14H2,1H3,(H,28,37)(H,29,35)(H,38,39);/q;+1/p-1/t15-,20+,21-,24-,25-;/m1./s1. The van der Waals surface area contributed by atoms with Gasteiger partial charge >= 0.3 is 29.6 Å². The summed E-state index contributed by atoms with van der Waals surface area (Å²) in [4.78, 5) is 36.4. The minimum absolute atomic E-state index is 0. The maximum Gasteiger partial charge on any atom is 1.00 e. The number of nitrogens with one attached hydrogen (secondary N) is 2. The fourth-order valence-corrected chi connectivity index (χ4v) is 4.34. The number of hydrogen-bond acceptors (Lipinski definition) is 10. The van der Waals surface area contributed by atoms with Gasteiger partial charge in [-0.2, -0.15) is 0 Å². The molecular formula is C27H28N5NaO8. The summed E-state index contributed by atoms with van der Waals surface area (Å²) in [7, 11) is 0. The van der Waals surface area contributed by atoms with Crippen LogP contribution in [0.2, 0.25) is 0 Å². The molecule has 1 aliphatic heterocycles. The van der Waals surface area contributed by atoms with Crippen molar-refractivity contribution in [2.75, 3.05) is 18.5 Å². The first kappa shape index (κ1) is 31.9. The molecule has 2 heterocycles. The third-order valence-corrected chi connectivity index (χ3v) is 6.50. The van der Waals surface area contributed by atoms with E-state index in [9.17, 15) is 34.8 Å². The number of carboxylic acid groups (broad SMARTS) is 1. The summed E-state index contributed by atoms with van der Waals surface area (Å²) in [5, 5.41) is 54.8. The van der Waals surface area contributed by atoms with Gasteiger partial charge in [-0.05, 0) is 24.3 Å². The number of aliphatic carboxylic acids is 1. The molecule has 0 radical (unpaired) electrons. The molecule has 1 aromatic heterocycles. The Bertz CT molecular complexity index is 1400. The van der Waals surface area contributed by atoms with Crippen LogP contribution in [-0.2, 0) is 14.3 Å². The van der Waals surface area contributed by atoms with Gasteiger partial charge < -0.3 is 40.6 Å². The maximum absolute atomic E-state index is 12.6. The average Bonchev–Trinajstić information content (AvgIpc) is 3.45. The third kappa shape index (κ3) is 7.58. The van der Waals surface area contributed by atoms with Gasteiger partial charge in [0.25, 0.3) is 5.91 Å². The molecule has 0 spiro atoms. The second-order valence-corrected chi connectivity index (χ2v) is 9.22. The molecule has 13 nitrogen and oxygen atoms in total. The Kier molecular flexibility index (Phi) is 11.2. The Balaban J connectivity index is 0.00000462. The van der Waals surface area contributed by atoms with Crippen LogP contribution in [0.15, 0.2) is 72.6 Å². The molecule has 0 unspecified atom stereocenters. The number of carboxylic acids is 1. The Labute approximate surface area is 257 Å². The number of allylic oxidation sites excluding steroid dienone is 1. The van der Waals surface area contributed by atoms with Gasteiger partial charge in [-0.25, -0.2) is 4.68 Å². The molecule has 210 valence electrons. The zero-order valence-corrected chi connectivity index (χ0v) is 24.4. The fraction of sp³-hybridized carbons (Fsp3) is 0.296. The monoisotopic (exact) mass is 573 g/mol. The van der Waals surface area contributed by atoms with E-state index in [0.29, 0.717) is 22.5 Å². The van der Waals surface area contributed by atoms with Crippen molar-refractivity contribution in [3.05, 3.63) is 78.2 Å². The average molecular weight is 574 g/mol. The van der Waals surface area contributed by atoms with Crippen LogP contribution in [0.4, 0.5) is 5.69 Å². The van der Waals surface area contributed by atoms with Crippen molar-refractivity contribution in [2.24, 2.45) is 5.92 Å². The SMILES string of the molecule is C[C@H]1[C@H]([C@H](O)[C@H](O)CO)OC(C(=O)[O-])=C[C@@H]1n1cc(-c2ccccc2NC(=O)CNC(=O)c2ccccc2)nn1.[Na+]. The summed E-state index contributed by atoms with van der Waals surface area (Å²) < 4.78 is 6.73. The van der Waals surface area contributed by atoms with Crippen molar-refractivity contribution in [3.63, 3.8) is 0 Å². The topological polar surface area (TPSA) is 199 Å². The number of carbonyl (C=O) groups excluding carboxylic acids is 3. The molecule has 0 aliphatic carbocycles. The number of aliphatic hydroxyl groups is 3. The number of ether oxygens (including phenoxy) is 1. The van der Waals surface area contributed by atoms with Crippen molar-refractivity contribution in [1.29, 1.82) is 0 Å². The molecule has 4 rings (SSSR count). The molecule has 41 heavy (non-hydrogen) atoms. The largest absolute Gasteiger partial charge is 1.00 e. The van der Waals surface area contributed by atoms with E-state index in [1.807, 2.05) is 0 Å². The zero-order chi connectivity index (χ0) is 28.8. The zero-order valence-electron chi connectivity index (χ0n) is 22.4. The number of amides is 2. The van der Waals surface area contributed by atoms with E-state index in [2.05, 4.69) is 20.9 Å². The number of hydrogen-bond donors (Lipinski definition) is 5. The minimum Gasteiger partial charge on any atom is -0.542 e. The minimum atomic E-state index is -1.62. The summed E-state index contributed by atoms with van der Waals surface area (Å²) in [5.74, 6) is -3.66. The third-order valence-electron chi connectivity index (χ3n) is 6.50. The Morgan fingerprint density at radius 3 is 2.46 bits per heavy atom. The Morgan fingerprint density at radius 1 is 1.10 bits per heavy atom. The summed E-state index contributed by atoms with van der Waals surface area (Å²) in [6.07, 6.45) is -1.56. The van der Waals surface area contributed by atoms with Crippen LogP contribution < -0.4 is 45.3 Å². The van der Waals surface area contributed by atoms with Crippen LogP contribution in [-0.4, -0.2) is 79.6 Å². The first-order valence-electron chi connectivity index (χ1n) is 12.4. The Hall–Kier alpha value is -3.59. The van der Waals surface area contributed by atoms with Crippen LogP contribution in [0.1, 0.15) is 23.3 Å². The number of para-hydroxylation sites is 1. The van der Waals surface area contributed by atoms with E-state index in [0.717, 1.165) is 0 Å². The van der Waals surface area contributed by atoms with Gasteiger partial charge in [0.05, 0.1) is 31.1 Å². The van der Waals surface area contributed by atoms with Crippen molar-refractivity contribution in [3.8, 4) is 11.3 Å². The molecule has 5 atom stereocenters. The molecular weight excluding hydrogens is 545 g/mol. The van der Waals surface area contributed by atoms with E-state index in [4.69, 9.17) is 4.74 Å². The number of nitrogens with zero attached hydrogens (tertiary/aromatic N) is 3. The van der Waals surface area contributed by atoms with Crippen molar-refractivity contribution >= 4 is 23.5 Å². The van der Waals surface area contributed by atoms with E-state index >= 15 is 0 Å². The predicted molar refractivity (Wildman–Crippen MR) is 138 cm³/mol. The fourth-order valence-electron chi connectivity index (χ4n) is 4.34. The van der Waals surface area contributed by atoms with Gasteiger partial charge in [0.1, 0.15) is 35.7 Å². The molecule has 0 saturated heterocycles. The molecule has 5 N–H and O–H groups in total. The van der Waals surface area contributed by atoms with Crippen LogP contribution >= 0.6 is 0 Å². The van der Waals surface area contributed by atoms with Gasteiger partial charge in [0.15, 0.2) is 0 Å². The van der Waals surface area contributed by atoms with Gasteiger partial charge in [0.2, 0.25) is 5.91 Å². The van der Waals surface area contributed by atoms with E-state index < -0.39 is 60.4 Å².